The Morgan fingerprint density at radius 3 is 2.40 bits per heavy atom. The first-order chi connectivity index (χ1) is 9.16. The summed E-state index contributed by atoms with van der Waals surface area (Å²) in [4.78, 5) is 11.0. The highest BCUT2D eigenvalue weighted by molar-refractivity contribution is 5.77. The van der Waals surface area contributed by atoms with Gasteiger partial charge in [0.15, 0.2) is 0 Å². The van der Waals surface area contributed by atoms with Crippen LogP contribution in [0.2, 0.25) is 0 Å². The van der Waals surface area contributed by atoms with Crippen LogP contribution in [-0.4, -0.2) is 17.1 Å². The second-order valence-corrected chi connectivity index (χ2v) is 4.57. The zero-order valence-electron chi connectivity index (χ0n) is 10.8. The second-order valence-electron chi connectivity index (χ2n) is 4.57. The lowest BCUT2D eigenvalue weighted by molar-refractivity contribution is -0.139. The highest BCUT2D eigenvalue weighted by Gasteiger charge is 2.34. The number of hydrogen-bond donors (Lipinski definition) is 2. The summed E-state index contributed by atoms with van der Waals surface area (Å²) in [6, 6.07) is 3.48. The van der Waals surface area contributed by atoms with E-state index in [0.717, 1.165) is 12.1 Å². The van der Waals surface area contributed by atoms with Crippen molar-refractivity contribution >= 4 is 11.7 Å². The Balaban J connectivity index is 3.16. The van der Waals surface area contributed by atoms with E-state index in [0.29, 0.717) is 0 Å². The summed E-state index contributed by atoms with van der Waals surface area (Å²) in [6.45, 7) is 3.28. The molecular formula is C13H13F3N2O2. The van der Waals surface area contributed by atoms with E-state index in [4.69, 9.17) is 10.4 Å². The number of aliphatic carboxylic acids is 1. The molecule has 0 spiro atoms. The smallest absolute Gasteiger partial charge is 0.417 e. The van der Waals surface area contributed by atoms with Crippen LogP contribution in [-0.2, 0) is 11.0 Å². The zero-order valence-corrected chi connectivity index (χ0v) is 10.8. The van der Waals surface area contributed by atoms with Crippen molar-refractivity contribution in [3.05, 3.63) is 29.3 Å². The van der Waals surface area contributed by atoms with Gasteiger partial charge in [0.2, 0.25) is 0 Å². The summed E-state index contributed by atoms with van der Waals surface area (Å²) < 4.78 is 38.3. The number of rotatable bonds is 4. The molecule has 0 radical (unpaired) electrons. The number of nitrogens with zero attached hydrogens (tertiary/aromatic N) is 1. The standard InChI is InChI=1S/C13H13F3N2O2/c1-7(2)11(12(19)20)18-9-4-3-8(6-17)10(5-9)13(14,15)16/h3-5,7,11,18H,1-2H3,(H,19,20)/t11-/m0/s1. The molecule has 4 nitrogen and oxygen atoms in total. The molecule has 1 atom stereocenters. The van der Waals surface area contributed by atoms with Crippen LogP contribution >= 0.6 is 0 Å². The van der Waals surface area contributed by atoms with Gasteiger partial charge < -0.3 is 10.4 Å². The van der Waals surface area contributed by atoms with Crippen molar-refractivity contribution in [2.24, 2.45) is 5.92 Å². The van der Waals surface area contributed by atoms with Crippen LogP contribution in [0.4, 0.5) is 18.9 Å². The fraction of sp³-hybridized carbons (Fsp3) is 0.385. The maximum absolute atomic E-state index is 12.8. The Morgan fingerprint density at radius 2 is 2.00 bits per heavy atom. The normalized spacial score (nSPS) is 12.8. The second kappa shape index (κ2) is 5.82. The number of nitrogens with one attached hydrogen (secondary N) is 1. The van der Waals surface area contributed by atoms with Crippen molar-refractivity contribution in [2.75, 3.05) is 5.32 Å². The molecule has 0 unspecified atom stereocenters. The Hall–Kier alpha value is -2.23. The van der Waals surface area contributed by atoms with Crippen molar-refractivity contribution in [3.8, 4) is 6.07 Å². The zero-order chi connectivity index (χ0) is 15.5. The van der Waals surface area contributed by atoms with Crippen LogP contribution < -0.4 is 5.32 Å². The molecule has 7 heteroatoms. The van der Waals surface area contributed by atoms with Crippen molar-refractivity contribution < 1.29 is 23.1 Å². The van der Waals surface area contributed by atoms with E-state index in [1.165, 1.54) is 12.1 Å². The average molecular weight is 286 g/mol. The van der Waals surface area contributed by atoms with Crippen LogP contribution in [0.3, 0.4) is 0 Å². The Labute approximate surface area is 113 Å². The highest BCUT2D eigenvalue weighted by atomic mass is 19.4. The van der Waals surface area contributed by atoms with Gasteiger partial charge in [-0.05, 0) is 24.1 Å². The van der Waals surface area contributed by atoms with E-state index >= 15 is 0 Å². The minimum absolute atomic E-state index is 0.0115. The van der Waals surface area contributed by atoms with Gasteiger partial charge in [0.05, 0.1) is 17.2 Å². The minimum Gasteiger partial charge on any atom is -0.480 e. The van der Waals surface area contributed by atoms with Gasteiger partial charge in [0.25, 0.3) is 0 Å². The summed E-state index contributed by atoms with van der Waals surface area (Å²) in [5, 5.41) is 20.2. The maximum Gasteiger partial charge on any atom is 0.417 e. The molecule has 0 amide bonds. The van der Waals surface area contributed by atoms with Crippen molar-refractivity contribution in [1.82, 2.24) is 0 Å². The molecule has 1 rings (SSSR count). The number of carboxylic acids is 1. The van der Waals surface area contributed by atoms with Crippen LogP contribution in [0.25, 0.3) is 0 Å². The largest absolute Gasteiger partial charge is 0.480 e. The molecule has 0 bridgehead atoms. The number of carboxylic acid groups (broad SMARTS) is 1. The van der Waals surface area contributed by atoms with Crippen molar-refractivity contribution in [2.45, 2.75) is 26.1 Å². The summed E-state index contributed by atoms with van der Waals surface area (Å²) in [6.07, 6.45) is -4.67. The molecule has 0 heterocycles. The van der Waals surface area contributed by atoms with Gasteiger partial charge in [-0.1, -0.05) is 13.8 Å². The minimum atomic E-state index is -4.67. The number of nitriles is 1. The molecule has 0 saturated carbocycles. The van der Waals surface area contributed by atoms with E-state index in [-0.39, 0.29) is 11.6 Å². The fourth-order valence-electron chi connectivity index (χ4n) is 1.66. The SMILES string of the molecule is CC(C)[C@H](Nc1ccc(C#N)c(C(F)(F)F)c1)C(=O)O. The number of halogens is 3. The average Bonchev–Trinajstić information content (AvgIpc) is 2.33. The summed E-state index contributed by atoms with van der Waals surface area (Å²) in [7, 11) is 0. The van der Waals surface area contributed by atoms with E-state index in [1.807, 2.05) is 0 Å². The monoisotopic (exact) mass is 286 g/mol. The first-order valence-corrected chi connectivity index (χ1v) is 5.77. The number of alkyl halides is 3. The van der Waals surface area contributed by atoms with Gasteiger partial charge in [0, 0.05) is 5.69 Å². The third kappa shape index (κ3) is 3.63. The van der Waals surface area contributed by atoms with Gasteiger partial charge in [-0.15, -0.1) is 0 Å². The van der Waals surface area contributed by atoms with E-state index in [2.05, 4.69) is 5.32 Å². The lowest BCUT2D eigenvalue weighted by Gasteiger charge is -2.20. The van der Waals surface area contributed by atoms with Crippen molar-refractivity contribution in [1.29, 1.82) is 5.26 Å². The molecule has 0 aliphatic heterocycles. The fourth-order valence-corrected chi connectivity index (χ4v) is 1.66. The number of carbonyl (C=O) groups is 1. The molecule has 108 valence electrons. The maximum atomic E-state index is 12.8. The highest BCUT2D eigenvalue weighted by Crippen LogP contribution is 2.33. The van der Waals surface area contributed by atoms with Gasteiger partial charge in [0.1, 0.15) is 6.04 Å². The van der Waals surface area contributed by atoms with Crippen LogP contribution in [0, 0.1) is 17.2 Å². The third-order valence-corrected chi connectivity index (χ3v) is 2.70. The Bertz CT molecular complexity index is 548. The van der Waals surface area contributed by atoms with Gasteiger partial charge in [-0.3, -0.25) is 0 Å². The van der Waals surface area contributed by atoms with Crippen LogP contribution in [0.5, 0.6) is 0 Å². The molecule has 0 aliphatic rings. The van der Waals surface area contributed by atoms with E-state index < -0.39 is 29.3 Å². The first-order valence-electron chi connectivity index (χ1n) is 5.77. The number of anilines is 1. The molecular weight excluding hydrogens is 273 g/mol. The molecule has 1 aromatic carbocycles. The molecule has 0 aliphatic carbocycles. The number of benzene rings is 1. The molecule has 1 aromatic rings. The van der Waals surface area contributed by atoms with E-state index in [1.54, 1.807) is 13.8 Å². The molecule has 20 heavy (non-hydrogen) atoms. The van der Waals surface area contributed by atoms with E-state index in [9.17, 15) is 18.0 Å². The third-order valence-electron chi connectivity index (χ3n) is 2.70. The first kappa shape index (κ1) is 15.8. The molecule has 0 saturated heterocycles. The van der Waals surface area contributed by atoms with Gasteiger partial charge in [-0.25, -0.2) is 4.79 Å². The van der Waals surface area contributed by atoms with Crippen molar-refractivity contribution in [3.63, 3.8) is 0 Å². The summed E-state index contributed by atoms with van der Waals surface area (Å²) in [5.74, 6) is -1.46. The quantitative estimate of drug-likeness (QED) is 0.892. The summed E-state index contributed by atoms with van der Waals surface area (Å²) >= 11 is 0. The van der Waals surface area contributed by atoms with Crippen LogP contribution in [0.1, 0.15) is 25.0 Å². The lowest BCUT2D eigenvalue weighted by Crippen LogP contribution is -2.34. The molecule has 0 aromatic heterocycles. The summed E-state index contributed by atoms with van der Waals surface area (Å²) in [5.41, 5.74) is -1.57. The Kier molecular flexibility index (Phi) is 4.61. The molecule has 2 N–H and O–H groups in total. The number of hydrogen-bond acceptors (Lipinski definition) is 3. The molecule has 0 fully saturated rings. The predicted octanol–water partition coefficient (Wildman–Crippen LogP) is 3.10. The topological polar surface area (TPSA) is 73.1 Å². The van der Waals surface area contributed by atoms with Crippen LogP contribution in [0.15, 0.2) is 18.2 Å². The Morgan fingerprint density at radius 1 is 1.40 bits per heavy atom. The predicted molar refractivity (Wildman–Crippen MR) is 66.0 cm³/mol. The van der Waals surface area contributed by atoms with Gasteiger partial charge in [-0.2, -0.15) is 18.4 Å². The van der Waals surface area contributed by atoms with Gasteiger partial charge >= 0.3 is 12.1 Å². The lowest BCUT2D eigenvalue weighted by atomic mass is 10.0.